The van der Waals surface area contributed by atoms with Crippen molar-refractivity contribution < 1.29 is 19.1 Å². The molecule has 0 radical (unpaired) electrons. The molecule has 0 saturated heterocycles. The molecule has 0 aromatic carbocycles. The van der Waals surface area contributed by atoms with Gasteiger partial charge in [-0.05, 0) is 18.6 Å². The van der Waals surface area contributed by atoms with Crippen LogP contribution in [0.25, 0.3) is 0 Å². The molecule has 16 heavy (non-hydrogen) atoms. The van der Waals surface area contributed by atoms with Crippen molar-refractivity contribution in [3.05, 3.63) is 21.6 Å². The number of thiophene rings is 1. The number of carboxylic acids is 1. The molecular formula is C10H12FNO3S. The van der Waals surface area contributed by atoms with Crippen LogP contribution in [-0.4, -0.2) is 35.5 Å². The van der Waals surface area contributed by atoms with Crippen LogP contribution in [0, 0.1) is 12.1 Å². The molecule has 0 bridgehead atoms. The predicted molar refractivity (Wildman–Crippen MR) is 58.2 cm³/mol. The fourth-order valence-corrected chi connectivity index (χ4v) is 2.09. The van der Waals surface area contributed by atoms with Gasteiger partial charge in [0.1, 0.15) is 0 Å². The molecule has 0 saturated carbocycles. The third kappa shape index (κ3) is 3.03. The molecular weight excluding hydrogens is 233 g/mol. The molecule has 0 aliphatic rings. The topological polar surface area (TPSA) is 57.6 Å². The number of aryl methyl sites for hydroxylation is 1. The molecule has 6 heteroatoms. The van der Waals surface area contributed by atoms with Crippen LogP contribution < -0.4 is 0 Å². The molecule has 0 fully saturated rings. The Bertz CT molecular complexity index is 416. The van der Waals surface area contributed by atoms with Crippen LogP contribution in [0.3, 0.4) is 0 Å². The standard InChI is InChI=1S/C10H12FNO3S/c1-6-5-7(11)16-9(6)10(15)12(2)4-3-8(13)14/h5H,3-4H2,1-2H3,(H,13,14). The second-order valence-corrected chi connectivity index (χ2v) is 4.44. The number of hydrogen-bond donors (Lipinski definition) is 1. The lowest BCUT2D eigenvalue weighted by atomic mass is 10.2. The fourth-order valence-electron chi connectivity index (χ4n) is 1.19. The van der Waals surface area contributed by atoms with Gasteiger partial charge in [-0.15, -0.1) is 11.3 Å². The van der Waals surface area contributed by atoms with Gasteiger partial charge in [0, 0.05) is 13.6 Å². The number of carboxylic acid groups (broad SMARTS) is 1. The van der Waals surface area contributed by atoms with Gasteiger partial charge in [-0.2, -0.15) is 4.39 Å². The first-order valence-electron chi connectivity index (χ1n) is 4.65. The summed E-state index contributed by atoms with van der Waals surface area (Å²) >= 11 is 0.780. The Morgan fingerprint density at radius 3 is 2.62 bits per heavy atom. The fraction of sp³-hybridized carbons (Fsp3) is 0.400. The maximum absolute atomic E-state index is 12.9. The summed E-state index contributed by atoms with van der Waals surface area (Å²) in [7, 11) is 1.50. The van der Waals surface area contributed by atoms with E-state index >= 15 is 0 Å². The zero-order chi connectivity index (χ0) is 12.3. The van der Waals surface area contributed by atoms with Crippen LogP contribution in [0.15, 0.2) is 6.07 Å². The van der Waals surface area contributed by atoms with Crippen molar-refractivity contribution in [3.8, 4) is 0 Å². The van der Waals surface area contributed by atoms with Gasteiger partial charge >= 0.3 is 5.97 Å². The van der Waals surface area contributed by atoms with Crippen molar-refractivity contribution in [2.24, 2.45) is 0 Å². The highest BCUT2D eigenvalue weighted by Crippen LogP contribution is 2.21. The first-order valence-corrected chi connectivity index (χ1v) is 5.46. The Balaban J connectivity index is 2.70. The maximum Gasteiger partial charge on any atom is 0.305 e. The molecule has 88 valence electrons. The second kappa shape index (κ2) is 5.07. The minimum absolute atomic E-state index is 0.116. The highest BCUT2D eigenvalue weighted by molar-refractivity contribution is 7.12. The normalized spacial score (nSPS) is 10.2. The van der Waals surface area contributed by atoms with E-state index in [2.05, 4.69) is 0 Å². The van der Waals surface area contributed by atoms with E-state index in [-0.39, 0.29) is 18.9 Å². The van der Waals surface area contributed by atoms with E-state index in [1.165, 1.54) is 18.0 Å². The van der Waals surface area contributed by atoms with Gasteiger partial charge in [0.15, 0.2) is 5.13 Å². The Morgan fingerprint density at radius 1 is 1.56 bits per heavy atom. The first kappa shape index (κ1) is 12.6. The Kier molecular flexibility index (Phi) is 4.00. The highest BCUT2D eigenvalue weighted by Gasteiger charge is 2.18. The molecule has 1 aromatic rings. The lowest BCUT2D eigenvalue weighted by Crippen LogP contribution is -2.28. The minimum atomic E-state index is -0.964. The summed E-state index contributed by atoms with van der Waals surface area (Å²) in [5.74, 6) is -1.30. The molecule has 0 aliphatic carbocycles. The van der Waals surface area contributed by atoms with E-state index in [4.69, 9.17) is 5.11 Å². The smallest absolute Gasteiger partial charge is 0.305 e. The van der Waals surface area contributed by atoms with E-state index in [9.17, 15) is 14.0 Å². The van der Waals surface area contributed by atoms with Gasteiger partial charge in [0.05, 0.1) is 11.3 Å². The van der Waals surface area contributed by atoms with E-state index < -0.39 is 11.1 Å². The van der Waals surface area contributed by atoms with E-state index in [1.807, 2.05) is 0 Å². The van der Waals surface area contributed by atoms with Crippen LogP contribution in [0.4, 0.5) is 4.39 Å². The molecule has 1 N–H and O–H groups in total. The summed E-state index contributed by atoms with van der Waals surface area (Å²) < 4.78 is 12.9. The van der Waals surface area contributed by atoms with Gasteiger partial charge in [-0.1, -0.05) is 0 Å². The maximum atomic E-state index is 12.9. The molecule has 1 amide bonds. The van der Waals surface area contributed by atoms with E-state index in [1.54, 1.807) is 6.92 Å². The van der Waals surface area contributed by atoms with Gasteiger partial charge in [0.2, 0.25) is 0 Å². The SMILES string of the molecule is Cc1cc(F)sc1C(=O)N(C)CCC(=O)O. The summed E-state index contributed by atoms with van der Waals surface area (Å²) in [6.07, 6.45) is -0.116. The second-order valence-electron chi connectivity index (χ2n) is 3.43. The average molecular weight is 245 g/mol. The van der Waals surface area contributed by atoms with Gasteiger partial charge in [-0.25, -0.2) is 0 Å². The van der Waals surface area contributed by atoms with Gasteiger partial charge < -0.3 is 10.0 Å². The molecule has 0 spiro atoms. The Labute approximate surface area is 96.3 Å². The number of hydrogen-bond acceptors (Lipinski definition) is 3. The number of amides is 1. The quantitative estimate of drug-likeness (QED) is 0.879. The van der Waals surface area contributed by atoms with Crippen molar-refractivity contribution in [1.82, 2.24) is 4.90 Å². The van der Waals surface area contributed by atoms with Crippen LogP contribution >= 0.6 is 11.3 Å². The Morgan fingerprint density at radius 2 is 2.19 bits per heavy atom. The molecule has 0 atom stereocenters. The molecule has 0 unspecified atom stereocenters. The summed E-state index contributed by atoms with van der Waals surface area (Å²) in [5.41, 5.74) is 0.578. The number of carbonyl (C=O) groups is 2. The third-order valence-corrected chi connectivity index (χ3v) is 3.10. The Hall–Kier alpha value is -1.43. The zero-order valence-corrected chi connectivity index (χ0v) is 9.81. The highest BCUT2D eigenvalue weighted by atomic mass is 32.1. The number of nitrogens with zero attached hydrogens (tertiary/aromatic N) is 1. The monoisotopic (exact) mass is 245 g/mol. The molecule has 4 nitrogen and oxygen atoms in total. The van der Waals surface area contributed by atoms with Crippen molar-refractivity contribution in [2.45, 2.75) is 13.3 Å². The summed E-state index contributed by atoms with van der Waals surface area (Å²) in [6.45, 7) is 1.77. The van der Waals surface area contributed by atoms with E-state index in [0.717, 1.165) is 11.3 Å². The van der Waals surface area contributed by atoms with Crippen molar-refractivity contribution in [3.63, 3.8) is 0 Å². The van der Waals surface area contributed by atoms with Crippen molar-refractivity contribution in [2.75, 3.05) is 13.6 Å². The number of aliphatic carboxylic acids is 1. The van der Waals surface area contributed by atoms with Crippen LogP contribution in [0.5, 0.6) is 0 Å². The van der Waals surface area contributed by atoms with E-state index in [0.29, 0.717) is 10.4 Å². The largest absolute Gasteiger partial charge is 0.481 e. The summed E-state index contributed by atoms with van der Waals surface area (Å²) in [4.78, 5) is 23.7. The van der Waals surface area contributed by atoms with Crippen LogP contribution in [0.1, 0.15) is 21.7 Å². The molecule has 0 aliphatic heterocycles. The molecule has 1 rings (SSSR count). The first-order chi connectivity index (χ1) is 7.41. The summed E-state index contributed by atoms with van der Waals surface area (Å²) in [6, 6.07) is 1.29. The number of rotatable bonds is 4. The van der Waals surface area contributed by atoms with Gasteiger partial charge in [0.25, 0.3) is 5.91 Å². The number of halogens is 1. The molecule has 1 aromatic heterocycles. The van der Waals surface area contributed by atoms with Crippen molar-refractivity contribution in [1.29, 1.82) is 0 Å². The molecule has 1 heterocycles. The lowest BCUT2D eigenvalue weighted by molar-refractivity contribution is -0.137. The third-order valence-electron chi connectivity index (χ3n) is 2.09. The van der Waals surface area contributed by atoms with Crippen molar-refractivity contribution >= 4 is 23.2 Å². The van der Waals surface area contributed by atoms with Crippen LogP contribution in [0.2, 0.25) is 0 Å². The zero-order valence-electron chi connectivity index (χ0n) is 8.99. The van der Waals surface area contributed by atoms with Crippen LogP contribution in [-0.2, 0) is 4.79 Å². The average Bonchev–Trinajstić information content (AvgIpc) is 2.53. The van der Waals surface area contributed by atoms with Gasteiger partial charge in [-0.3, -0.25) is 9.59 Å². The predicted octanol–water partition coefficient (Wildman–Crippen LogP) is 1.74. The lowest BCUT2D eigenvalue weighted by Gasteiger charge is -2.15. The summed E-state index contributed by atoms with van der Waals surface area (Å²) in [5, 5.41) is 8.07. The minimum Gasteiger partial charge on any atom is -0.481 e. The number of carbonyl (C=O) groups excluding carboxylic acids is 1.